The van der Waals surface area contributed by atoms with Gasteiger partial charge in [-0.2, -0.15) is 0 Å². The van der Waals surface area contributed by atoms with Gasteiger partial charge in [0.1, 0.15) is 0 Å². The van der Waals surface area contributed by atoms with Crippen LogP contribution in [0.15, 0.2) is 36.2 Å². The molecule has 0 radical (unpaired) electrons. The standard InChI is InChI=1S/C14H17N3O2S/c1-11(9-17-7-6-15-10-17)16-14(19)5-4-12(18)13-3-2-8-20-13/h2-3,6-8,10-11H,4-5,9H2,1H3,(H,16,19)/t11-/m0/s1. The summed E-state index contributed by atoms with van der Waals surface area (Å²) in [6, 6.07) is 3.63. The summed E-state index contributed by atoms with van der Waals surface area (Å²) in [5.74, 6) is -0.0695. The molecule has 0 unspecified atom stereocenters. The highest BCUT2D eigenvalue weighted by Gasteiger charge is 2.12. The molecule has 0 saturated heterocycles. The van der Waals surface area contributed by atoms with Gasteiger partial charge < -0.3 is 9.88 Å². The summed E-state index contributed by atoms with van der Waals surface area (Å²) in [6.45, 7) is 2.60. The molecule has 2 rings (SSSR count). The van der Waals surface area contributed by atoms with Gasteiger partial charge in [0.25, 0.3) is 0 Å². The van der Waals surface area contributed by atoms with E-state index in [0.717, 1.165) is 0 Å². The Morgan fingerprint density at radius 3 is 2.95 bits per heavy atom. The molecule has 0 fully saturated rings. The molecule has 6 heteroatoms. The van der Waals surface area contributed by atoms with E-state index in [9.17, 15) is 9.59 Å². The summed E-state index contributed by atoms with van der Waals surface area (Å²) in [5.41, 5.74) is 0. The van der Waals surface area contributed by atoms with Crippen LogP contribution in [0.2, 0.25) is 0 Å². The van der Waals surface area contributed by atoms with Gasteiger partial charge in [0, 0.05) is 37.8 Å². The van der Waals surface area contributed by atoms with Crippen LogP contribution >= 0.6 is 11.3 Å². The number of ketones is 1. The van der Waals surface area contributed by atoms with E-state index < -0.39 is 0 Å². The van der Waals surface area contributed by atoms with Crippen molar-refractivity contribution in [3.8, 4) is 0 Å². The predicted octanol–water partition coefficient (Wildman–Crippen LogP) is 2.11. The number of hydrogen-bond donors (Lipinski definition) is 1. The Balaban J connectivity index is 1.71. The third kappa shape index (κ3) is 4.31. The highest BCUT2D eigenvalue weighted by atomic mass is 32.1. The SMILES string of the molecule is C[C@@H](Cn1ccnc1)NC(=O)CCC(=O)c1cccs1. The van der Waals surface area contributed by atoms with E-state index in [-0.39, 0.29) is 30.6 Å². The minimum Gasteiger partial charge on any atom is -0.352 e. The smallest absolute Gasteiger partial charge is 0.220 e. The summed E-state index contributed by atoms with van der Waals surface area (Å²) in [5, 5.41) is 4.74. The van der Waals surface area contributed by atoms with Gasteiger partial charge in [0.05, 0.1) is 11.2 Å². The number of carbonyl (C=O) groups excluding carboxylic acids is 2. The highest BCUT2D eigenvalue weighted by Crippen LogP contribution is 2.12. The van der Waals surface area contributed by atoms with Crippen LogP contribution in [0.4, 0.5) is 0 Å². The fourth-order valence-electron chi connectivity index (χ4n) is 1.89. The van der Waals surface area contributed by atoms with Gasteiger partial charge >= 0.3 is 0 Å². The molecule has 0 bridgehead atoms. The van der Waals surface area contributed by atoms with Gasteiger partial charge in [0.15, 0.2) is 5.78 Å². The van der Waals surface area contributed by atoms with Crippen molar-refractivity contribution in [3.63, 3.8) is 0 Å². The van der Waals surface area contributed by atoms with Crippen molar-refractivity contribution in [3.05, 3.63) is 41.1 Å². The van der Waals surface area contributed by atoms with E-state index >= 15 is 0 Å². The monoisotopic (exact) mass is 291 g/mol. The van der Waals surface area contributed by atoms with Gasteiger partial charge in [-0.25, -0.2) is 4.98 Å². The zero-order chi connectivity index (χ0) is 14.4. The molecule has 20 heavy (non-hydrogen) atoms. The number of imidazole rings is 1. The van der Waals surface area contributed by atoms with Crippen molar-refractivity contribution < 1.29 is 9.59 Å². The summed E-state index contributed by atoms with van der Waals surface area (Å²) >= 11 is 1.41. The van der Waals surface area contributed by atoms with Crippen LogP contribution in [0.3, 0.4) is 0 Å². The van der Waals surface area contributed by atoms with Crippen molar-refractivity contribution in [2.45, 2.75) is 32.4 Å². The second-order valence-electron chi connectivity index (χ2n) is 4.63. The number of nitrogens with zero attached hydrogens (tertiary/aromatic N) is 2. The number of nitrogens with one attached hydrogen (secondary N) is 1. The fraction of sp³-hybridized carbons (Fsp3) is 0.357. The van der Waals surface area contributed by atoms with Crippen molar-refractivity contribution in [2.75, 3.05) is 0 Å². The van der Waals surface area contributed by atoms with Crippen molar-refractivity contribution in [2.24, 2.45) is 0 Å². The number of hydrogen-bond acceptors (Lipinski definition) is 4. The molecule has 2 heterocycles. The van der Waals surface area contributed by atoms with E-state index in [2.05, 4.69) is 10.3 Å². The largest absolute Gasteiger partial charge is 0.352 e. The molecule has 0 aliphatic heterocycles. The number of thiophene rings is 1. The lowest BCUT2D eigenvalue weighted by molar-refractivity contribution is -0.121. The van der Waals surface area contributed by atoms with Gasteiger partial charge in [-0.15, -0.1) is 11.3 Å². The van der Waals surface area contributed by atoms with E-state index in [1.807, 2.05) is 29.1 Å². The minimum absolute atomic E-state index is 0.00791. The van der Waals surface area contributed by atoms with Crippen LogP contribution in [-0.4, -0.2) is 27.3 Å². The van der Waals surface area contributed by atoms with Crippen LogP contribution in [0.1, 0.15) is 29.4 Å². The zero-order valence-electron chi connectivity index (χ0n) is 11.3. The summed E-state index contributed by atoms with van der Waals surface area (Å²) in [7, 11) is 0. The van der Waals surface area contributed by atoms with Gasteiger partial charge in [-0.05, 0) is 18.4 Å². The minimum atomic E-state index is -0.0949. The van der Waals surface area contributed by atoms with Crippen LogP contribution in [-0.2, 0) is 11.3 Å². The Labute approximate surface area is 121 Å². The number of rotatable bonds is 7. The quantitative estimate of drug-likeness (QED) is 0.795. The Bertz CT molecular complexity index is 549. The molecule has 2 aromatic rings. The third-order valence-electron chi connectivity index (χ3n) is 2.83. The number of Topliss-reactive ketones (excluding diaryl/α,β-unsaturated/α-hetero) is 1. The highest BCUT2D eigenvalue weighted by molar-refractivity contribution is 7.12. The van der Waals surface area contributed by atoms with E-state index in [4.69, 9.17) is 0 Å². The maximum Gasteiger partial charge on any atom is 0.220 e. The zero-order valence-corrected chi connectivity index (χ0v) is 12.1. The van der Waals surface area contributed by atoms with Crippen LogP contribution < -0.4 is 5.32 Å². The molecule has 5 nitrogen and oxygen atoms in total. The first-order valence-corrected chi connectivity index (χ1v) is 7.35. The molecule has 1 atom stereocenters. The first kappa shape index (κ1) is 14.5. The molecule has 0 spiro atoms. The first-order chi connectivity index (χ1) is 9.65. The lowest BCUT2D eigenvalue weighted by Crippen LogP contribution is -2.35. The number of carbonyl (C=O) groups is 2. The molecule has 1 amide bonds. The van der Waals surface area contributed by atoms with Crippen LogP contribution in [0.5, 0.6) is 0 Å². The molecule has 0 aliphatic rings. The molecular formula is C14H17N3O2S. The second-order valence-corrected chi connectivity index (χ2v) is 5.58. The average molecular weight is 291 g/mol. The van der Waals surface area contributed by atoms with Gasteiger partial charge in [-0.3, -0.25) is 9.59 Å². The Hall–Kier alpha value is -1.95. The molecule has 106 valence electrons. The summed E-state index contributed by atoms with van der Waals surface area (Å²) in [6.07, 6.45) is 5.75. The second kappa shape index (κ2) is 7.00. The Morgan fingerprint density at radius 1 is 1.45 bits per heavy atom. The lowest BCUT2D eigenvalue weighted by atomic mass is 10.2. The lowest BCUT2D eigenvalue weighted by Gasteiger charge is -2.14. The van der Waals surface area contributed by atoms with Crippen LogP contribution in [0, 0.1) is 0 Å². The molecule has 2 aromatic heterocycles. The average Bonchev–Trinajstić information content (AvgIpc) is 3.08. The first-order valence-electron chi connectivity index (χ1n) is 6.47. The predicted molar refractivity (Wildman–Crippen MR) is 77.7 cm³/mol. The van der Waals surface area contributed by atoms with E-state index in [0.29, 0.717) is 11.4 Å². The summed E-state index contributed by atoms with van der Waals surface area (Å²) < 4.78 is 1.90. The van der Waals surface area contributed by atoms with Crippen LogP contribution in [0.25, 0.3) is 0 Å². The molecule has 0 saturated carbocycles. The molecule has 0 aromatic carbocycles. The van der Waals surface area contributed by atoms with Crippen molar-refractivity contribution in [1.82, 2.24) is 14.9 Å². The number of amides is 1. The number of aromatic nitrogens is 2. The maximum absolute atomic E-state index is 11.8. The Morgan fingerprint density at radius 2 is 2.30 bits per heavy atom. The van der Waals surface area contributed by atoms with Crippen molar-refractivity contribution >= 4 is 23.0 Å². The fourth-order valence-corrected chi connectivity index (χ4v) is 2.59. The molecular weight excluding hydrogens is 274 g/mol. The molecule has 1 N–H and O–H groups in total. The third-order valence-corrected chi connectivity index (χ3v) is 3.74. The summed E-state index contributed by atoms with van der Waals surface area (Å²) in [4.78, 5) is 28.2. The Kier molecular flexibility index (Phi) is 5.06. The molecule has 0 aliphatic carbocycles. The topological polar surface area (TPSA) is 64.0 Å². The van der Waals surface area contributed by atoms with Gasteiger partial charge in [0.2, 0.25) is 5.91 Å². The maximum atomic E-state index is 11.8. The van der Waals surface area contributed by atoms with Gasteiger partial charge in [-0.1, -0.05) is 6.07 Å². The normalized spacial score (nSPS) is 12.1. The van der Waals surface area contributed by atoms with E-state index in [1.54, 1.807) is 18.6 Å². The van der Waals surface area contributed by atoms with Crippen molar-refractivity contribution in [1.29, 1.82) is 0 Å². The van der Waals surface area contributed by atoms with E-state index in [1.165, 1.54) is 11.3 Å².